The van der Waals surface area contributed by atoms with Crippen LogP contribution in [0.5, 0.6) is 0 Å². The first-order valence-corrected chi connectivity index (χ1v) is 7.47. The van der Waals surface area contributed by atoms with Gasteiger partial charge in [-0.25, -0.2) is 0 Å². The van der Waals surface area contributed by atoms with Gasteiger partial charge in [-0.2, -0.15) is 0 Å². The molecule has 1 atom stereocenters. The Kier molecular flexibility index (Phi) is 6.60. The minimum atomic E-state index is -0.0125. The molecule has 5 heteroatoms. The van der Waals surface area contributed by atoms with Gasteiger partial charge in [0.25, 0.3) is 0 Å². The van der Waals surface area contributed by atoms with Crippen LogP contribution >= 0.6 is 0 Å². The summed E-state index contributed by atoms with van der Waals surface area (Å²) in [6, 6.07) is 3.72. The molecule has 5 nitrogen and oxygen atoms in total. The maximum Gasteiger partial charge on any atom is 0.237 e. The molecule has 0 spiro atoms. The summed E-state index contributed by atoms with van der Waals surface area (Å²) in [5.41, 5.74) is 0. The predicted octanol–water partition coefficient (Wildman–Crippen LogP) is 1.83. The maximum absolute atomic E-state index is 11.9. The summed E-state index contributed by atoms with van der Waals surface area (Å²) in [7, 11) is 0. The molecule has 1 aromatic heterocycles. The molecular weight excluding hydrogens is 256 g/mol. The summed E-state index contributed by atoms with van der Waals surface area (Å²) in [6.07, 6.45) is 6.93. The van der Waals surface area contributed by atoms with Gasteiger partial charge in [0.05, 0.1) is 12.3 Å². The van der Waals surface area contributed by atoms with Crippen molar-refractivity contribution in [2.45, 2.75) is 44.8 Å². The molecule has 0 radical (unpaired) electrons. The molecule has 1 saturated heterocycles. The molecule has 2 heterocycles. The van der Waals surface area contributed by atoms with Crippen LogP contribution in [0.4, 0.5) is 0 Å². The molecule has 2 N–H and O–H groups in total. The third-order valence-corrected chi connectivity index (χ3v) is 3.47. The molecule has 0 bridgehead atoms. The van der Waals surface area contributed by atoms with Crippen molar-refractivity contribution in [2.24, 2.45) is 0 Å². The zero-order valence-electron chi connectivity index (χ0n) is 11.9. The lowest BCUT2D eigenvalue weighted by molar-refractivity contribution is -0.123. The van der Waals surface area contributed by atoms with E-state index in [4.69, 9.17) is 9.15 Å². The van der Waals surface area contributed by atoms with E-state index in [9.17, 15) is 4.79 Å². The zero-order chi connectivity index (χ0) is 14.0. The van der Waals surface area contributed by atoms with Crippen LogP contribution in [0.25, 0.3) is 0 Å². The normalized spacial score (nSPS) is 19.5. The summed E-state index contributed by atoms with van der Waals surface area (Å²) in [4.78, 5) is 11.9. The number of hydrogen-bond acceptors (Lipinski definition) is 4. The fourth-order valence-corrected chi connectivity index (χ4v) is 2.33. The van der Waals surface area contributed by atoms with E-state index in [1.807, 2.05) is 12.1 Å². The van der Waals surface area contributed by atoms with Gasteiger partial charge in [0.2, 0.25) is 5.91 Å². The molecule has 1 aliphatic heterocycles. The molecule has 0 aliphatic carbocycles. The van der Waals surface area contributed by atoms with E-state index in [0.29, 0.717) is 19.8 Å². The van der Waals surface area contributed by atoms with Gasteiger partial charge < -0.3 is 19.8 Å². The lowest BCUT2D eigenvalue weighted by Gasteiger charge is -2.15. The van der Waals surface area contributed by atoms with E-state index < -0.39 is 0 Å². The van der Waals surface area contributed by atoms with Gasteiger partial charge in [-0.1, -0.05) is 12.8 Å². The quantitative estimate of drug-likeness (QED) is 0.748. The van der Waals surface area contributed by atoms with Crippen LogP contribution < -0.4 is 10.6 Å². The fraction of sp³-hybridized carbons (Fsp3) is 0.667. The van der Waals surface area contributed by atoms with Gasteiger partial charge in [-0.3, -0.25) is 4.79 Å². The minimum Gasteiger partial charge on any atom is -0.467 e. The lowest BCUT2D eigenvalue weighted by Crippen LogP contribution is -2.44. The van der Waals surface area contributed by atoms with Crippen LogP contribution in [-0.4, -0.2) is 31.6 Å². The van der Waals surface area contributed by atoms with E-state index in [1.165, 1.54) is 12.8 Å². The molecule has 0 saturated carbocycles. The molecular formula is C15H24N2O3. The van der Waals surface area contributed by atoms with Crippen LogP contribution in [0.3, 0.4) is 0 Å². The monoisotopic (exact) mass is 280 g/mol. The summed E-state index contributed by atoms with van der Waals surface area (Å²) in [5, 5.41) is 6.27. The number of amides is 1. The van der Waals surface area contributed by atoms with E-state index in [0.717, 1.165) is 31.6 Å². The van der Waals surface area contributed by atoms with Crippen molar-refractivity contribution in [3.05, 3.63) is 24.2 Å². The number of carbonyl (C=O) groups excluding carboxylic acids is 1. The van der Waals surface area contributed by atoms with Crippen molar-refractivity contribution in [1.29, 1.82) is 0 Å². The van der Waals surface area contributed by atoms with Crippen molar-refractivity contribution >= 4 is 5.91 Å². The third-order valence-electron chi connectivity index (χ3n) is 3.47. The van der Waals surface area contributed by atoms with Crippen molar-refractivity contribution < 1.29 is 13.9 Å². The second-order valence-corrected chi connectivity index (χ2v) is 5.13. The largest absolute Gasteiger partial charge is 0.467 e. The predicted molar refractivity (Wildman–Crippen MR) is 76.2 cm³/mol. The highest BCUT2D eigenvalue weighted by Crippen LogP contribution is 2.08. The Bertz CT molecular complexity index is 370. The van der Waals surface area contributed by atoms with E-state index >= 15 is 0 Å². The van der Waals surface area contributed by atoms with Gasteiger partial charge in [-0.15, -0.1) is 0 Å². The molecule has 0 aromatic carbocycles. The molecule has 1 amide bonds. The van der Waals surface area contributed by atoms with E-state index in [-0.39, 0.29) is 11.9 Å². The van der Waals surface area contributed by atoms with Crippen molar-refractivity contribution in [3.63, 3.8) is 0 Å². The Hall–Kier alpha value is -1.33. The highest BCUT2D eigenvalue weighted by atomic mass is 16.5. The zero-order valence-corrected chi connectivity index (χ0v) is 11.9. The van der Waals surface area contributed by atoms with Gasteiger partial charge in [0.1, 0.15) is 12.4 Å². The first kappa shape index (κ1) is 15.1. The lowest BCUT2D eigenvalue weighted by atomic mass is 10.1. The van der Waals surface area contributed by atoms with Crippen molar-refractivity contribution in [1.82, 2.24) is 10.6 Å². The topological polar surface area (TPSA) is 63.5 Å². The van der Waals surface area contributed by atoms with Gasteiger partial charge in [-0.05, 0) is 37.9 Å². The van der Waals surface area contributed by atoms with Crippen LogP contribution in [-0.2, 0) is 16.1 Å². The first-order chi connectivity index (χ1) is 9.86. The van der Waals surface area contributed by atoms with E-state index in [1.54, 1.807) is 6.26 Å². The minimum absolute atomic E-state index is 0.0125. The van der Waals surface area contributed by atoms with E-state index in [2.05, 4.69) is 10.6 Å². The van der Waals surface area contributed by atoms with Gasteiger partial charge in [0, 0.05) is 13.2 Å². The van der Waals surface area contributed by atoms with Crippen LogP contribution in [0.15, 0.2) is 22.8 Å². The van der Waals surface area contributed by atoms with Crippen LogP contribution in [0.2, 0.25) is 0 Å². The first-order valence-electron chi connectivity index (χ1n) is 7.47. The van der Waals surface area contributed by atoms with Gasteiger partial charge >= 0.3 is 0 Å². The Morgan fingerprint density at radius 1 is 1.45 bits per heavy atom. The number of furan rings is 1. The molecule has 2 rings (SSSR count). The second-order valence-electron chi connectivity index (χ2n) is 5.13. The number of ether oxygens (including phenoxy) is 1. The fourth-order valence-electron chi connectivity index (χ4n) is 2.33. The molecule has 1 aliphatic rings. The maximum atomic E-state index is 11.9. The Balaban J connectivity index is 1.50. The van der Waals surface area contributed by atoms with Crippen molar-refractivity contribution in [3.8, 4) is 0 Å². The second kappa shape index (κ2) is 8.76. The van der Waals surface area contributed by atoms with Crippen molar-refractivity contribution in [2.75, 3.05) is 19.7 Å². The molecule has 1 unspecified atom stereocenters. The Morgan fingerprint density at radius 2 is 2.40 bits per heavy atom. The number of rotatable bonds is 7. The third kappa shape index (κ3) is 5.35. The average Bonchev–Trinajstić information content (AvgIpc) is 2.82. The van der Waals surface area contributed by atoms with Crippen LogP contribution in [0.1, 0.15) is 37.9 Å². The van der Waals surface area contributed by atoms with Gasteiger partial charge in [0.15, 0.2) is 0 Å². The number of carbonyl (C=O) groups is 1. The highest BCUT2D eigenvalue weighted by Gasteiger charge is 2.18. The number of hydrogen-bond donors (Lipinski definition) is 2. The Labute approximate surface area is 120 Å². The van der Waals surface area contributed by atoms with Crippen LogP contribution in [0, 0.1) is 0 Å². The standard InChI is InChI=1S/C15H24N2O3/c18-15(14-7-2-1-3-8-16-14)17-9-5-10-19-12-13-6-4-11-20-13/h4,6,11,14,16H,1-3,5,7-10,12H2,(H,17,18). The molecule has 1 fully saturated rings. The summed E-state index contributed by atoms with van der Waals surface area (Å²) in [6.45, 7) is 2.73. The summed E-state index contributed by atoms with van der Waals surface area (Å²) in [5.74, 6) is 0.953. The highest BCUT2D eigenvalue weighted by molar-refractivity contribution is 5.81. The molecule has 20 heavy (non-hydrogen) atoms. The molecule has 112 valence electrons. The summed E-state index contributed by atoms with van der Waals surface area (Å²) < 4.78 is 10.6. The average molecular weight is 280 g/mol. The Morgan fingerprint density at radius 3 is 3.25 bits per heavy atom. The smallest absolute Gasteiger partial charge is 0.237 e. The molecule has 1 aromatic rings. The SMILES string of the molecule is O=C(NCCCOCc1ccco1)C1CCCCCN1. The number of nitrogens with one attached hydrogen (secondary N) is 2. The summed E-state index contributed by atoms with van der Waals surface area (Å²) >= 11 is 0.